The van der Waals surface area contributed by atoms with Gasteiger partial charge in [-0.1, -0.05) is 51.3 Å². The molecule has 1 heterocycles. The van der Waals surface area contributed by atoms with Gasteiger partial charge in [-0.05, 0) is 24.5 Å². The maximum absolute atomic E-state index is 11.6. The second-order valence-electron chi connectivity index (χ2n) is 5.37. The van der Waals surface area contributed by atoms with E-state index in [1.807, 2.05) is 30.3 Å². The number of carbonyl (C=O) groups excluding carboxylic acids is 1. The van der Waals surface area contributed by atoms with E-state index in [0.29, 0.717) is 11.5 Å². The molecule has 0 saturated carbocycles. The smallest absolute Gasteiger partial charge is 0.249 e. The van der Waals surface area contributed by atoms with E-state index in [4.69, 9.17) is 5.73 Å². The van der Waals surface area contributed by atoms with Gasteiger partial charge in [-0.25, -0.2) is 0 Å². The van der Waals surface area contributed by atoms with Gasteiger partial charge in [0.15, 0.2) is 0 Å². The minimum Gasteiger partial charge on any atom is -0.366 e. The molecule has 3 heteroatoms. The number of unbranched alkanes of at least 4 members (excludes halogenated alkanes) is 2. The highest BCUT2D eigenvalue weighted by Crippen LogP contribution is 2.25. The molecule has 2 aromatic rings. The van der Waals surface area contributed by atoms with Crippen LogP contribution in [0.1, 0.15) is 61.5 Å². The van der Waals surface area contributed by atoms with Crippen LogP contribution in [0.5, 0.6) is 0 Å². The number of nitrogens with zero attached hydrogens (tertiary/aromatic N) is 1. The quantitative estimate of drug-likeness (QED) is 0.806. The number of para-hydroxylation sites is 1. The molecule has 2 rings (SSSR count). The molecule has 2 N–H and O–H groups in total. The summed E-state index contributed by atoms with van der Waals surface area (Å²) in [6, 6.07) is 9.53. The maximum Gasteiger partial charge on any atom is 0.249 e. The zero-order valence-electron chi connectivity index (χ0n) is 12.2. The lowest BCUT2D eigenvalue weighted by Crippen LogP contribution is -2.13. The Bertz CT molecular complexity index is 607. The molecule has 20 heavy (non-hydrogen) atoms. The summed E-state index contributed by atoms with van der Waals surface area (Å²) in [5.41, 5.74) is 7.90. The van der Waals surface area contributed by atoms with Crippen LogP contribution in [0.3, 0.4) is 0 Å². The Labute approximate surface area is 120 Å². The lowest BCUT2D eigenvalue weighted by Gasteiger charge is -2.13. The van der Waals surface area contributed by atoms with E-state index in [9.17, 15) is 4.79 Å². The van der Waals surface area contributed by atoms with Crippen LogP contribution in [0, 0.1) is 0 Å². The summed E-state index contributed by atoms with van der Waals surface area (Å²) in [7, 11) is 0. The lowest BCUT2D eigenvalue weighted by atomic mass is 9.96. The van der Waals surface area contributed by atoms with Gasteiger partial charge in [0.25, 0.3) is 0 Å². The number of benzene rings is 1. The molecule has 0 bridgehead atoms. The van der Waals surface area contributed by atoms with Gasteiger partial charge < -0.3 is 5.73 Å². The van der Waals surface area contributed by atoms with E-state index in [1.54, 1.807) is 0 Å². The third-order valence-electron chi connectivity index (χ3n) is 3.75. The highest BCUT2D eigenvalue weighted by molar-refractivity contribution is 6.05. The van der Waals surface area contributed by atoms with Crippen LogP contribution in [0.2, 0.25) is 0 Å². The Balaban J connectivity index is 2.37. The van der Waals surface area contributed by atoms with Crippen molar-refractivity contribution in [3.63, 3.8) is 0 Å². The van der Waals surface area contributed by atoms with Gasteiger partial charge in [0.2, 0.25) is 5.91 Å². The maximum atomic E-state index is 11.6. The molecular weight excluding hydrogens is 248 g/mol. The van der Waals surface area contributed by atoms with Crippen molar-refractivity contribution in [2.24, 2.45) is 5.73 Å². The Hall–Kier alpha value is -1.90. The van der Waals surface area contributed by atoms with E-state index in [-0.39, 0.29) is 5.91 Å². The second-order valence-corrected chi connectivity index (χ2v) is 5.37. The van der Waals surface area contributed by atoms with Crippen LogP contribution in [-0.4, -0.2) is 10.9 Å². The molecule has 1 unspecified atom stereocenters. The SMILES string of the molecule is CCCCCC(C)c1cc(C(N)=O)c2ccccc2n1. The average Bonchev–Trinajstić information content (AvgIpc) is 2.46. The van der Waals surface area contributed by atoms with E-state index >= 15 is 0 Å². The third-order valence-corrected chi connectivity index (χ3v) is 3.75. The molecular formula is C17H22N2O. The molecule has 0 aliphatic rings. The van der Waals surface area contributed by atoms with Crippen molar-refractivity contribution in [1.82, 2.24) is 4.98 Å². The van der Waals surface area contributed by atoms with Gasteiger partial charge in [-0.2, -0.15) is 0 Å². The van der Waals surface area contributed by atoms with Crippen molar-refractivity contribution in [1.29, 1.82) is 0 Å². The van der Waals surface area contributed by atoms with Gasteiger partial charge >= 0.3 is 0 Å². The molecule has 0 radical (unpaired) electrons. The molecule has 1 amide bonds. The van der Waals surface area contributed by atoms with Crippen LogP contribution in [0.25, 0.3) is 10.9 Å². The van der Waals surface area contributed by atoms with E-state index in [0.717, 1.165) is 23.0 Å². The van der Waals surface area contributed by atoms with E-state index < -0.39 is 0 Å². The normalized spacial score (nSPS) is 12.5. The Morgan fingerprint density at radius 2 is 2.05 bits per heavy atom. The number of rotatable bonds is 6. The molecule has 1 aromatic carbocycles. The molecule has 1 atom stereocenters. The zero-order chi connectivity index (χ0) is 14.5. The molecule has 3 nitrogen and oxygen atoms in total. The van der Waals surface area contributed by atoms with Gasteiger partial charge in [0.05, 0.1) is 11.1 Å². The number of nitrogens with two attached hydrogens (primary N) is 1. The van der Waals surface area contributed by atoms with Crippen LogP contribution in [-0.2, 0) is 0 Å². The van der Waals surface area contributed by atoms with Gasteiger partial charge in [0, 0.05) is 11.1 Å². The summed E-state index contributed by atoms with van der Waals surface area (Å²) >= 11 is 0. The Morgan fingerprint density at radius 1 is 1.30 bits per heavy atom. The summed E-state index contributed by atoms with van der Waals surface area (Å²) in [6.07, 6.45) is 4.74. The summed E-state index contributed by atoms with van der Waals surface area (Å²) < 4.78 is 0. The highest BCUT2D eigenvalue weighted by atomic mass is 16.1. The third kappa shape index (κ3) is 3.16. The van der Waals surface area contributed by atoms with E-state index in [1.165, 1.54) is 19.3 Å². The first-order valence-electron chi connectivity index (χ1n) is 7.33. The standard InChI is InChI=1S/C17H22N2O/c1-3-4-5-8-12(2)16-11-14(17(18)20)13-9-6-7-10-15(13)19-16/h6-7,9-12H,3-5,8H2,1-2H3,(H2,18,20). The number of hydrogen-bond acceptors (Lipinski definition) is 2. The Morgan fingerprint density at radius 3 is 2.75 bits per heavy atom. The van der Waals surface area contributed by atoms with E-state index in [2.05, 4.69) is 18.8 Å². The minimum absolute atomic E-state index is 0.351. The fourth-order valence-corrected chi connectivity index (χ4v) is 2.50. The first-order chi connectivity index (χ1) is 9.63. The molecule has 1 aromatic heterocycles. The number of fused-ring (bicyclic) bond motifs is 1. The monoisotopic (exact) mass is 270 g/mol. The van der Waals surface area contributed by atoms with Gasteiger partial charge in [0.1, 0.15) is 0 Å². The fraction of sp³-hybridized carbons (Fsp3) is 0.412. The molecule has 0 aliphatic heterocycles. The first-order valence-corrected chi connectivity index (χ1v) is 7.33. The second kappa shape index (κ2) is 6.51. The van der Waals surface area contributed by atoms with Gasteiger partial charge in [-0.15, -0.1) is 0 Å². The van der Waals surface area contributed by atoms with Crippen LogP contribution in [0.15, 0.2) is 30.3 Å². The van der Waals surface area contributed by atoms with Crippen LogP contribution >= 0.6 is 0 Å². The predicted octanol–water partition coefficient (Wildman–Crippen LogP) is 4.02. The molecule has 0 spiro atoms. The van der Waals surface area contributed by atoms with Crippen molar-refractivity contribution >= 4 is 16.8 Å². The summed E-state index contributed by atoms with van der Waals surface area (Å²) in [4.78, 5) is 16.3. The summed E-state index contributed by atoms with van der Waals surface area (Å²) in [5, 5.41) is 0.838. The minimum atomic E-state index is -0.384. The van der Waals surface area contributed by atoms with Crippen molar-refractivity contribution in [3.05, 3.63) is 41.6 Å². The number of hydrogen-bond donors (Lipinski definition) is 1. The predicted molar refractivity (Wildman–Crippen MR) is 82.8 cm³/mol. The molecule has 106 valence electrons. The first kappa shape index (κ1) is 14.5. The van der Waals surface area contributed by atoms with Gasteiger partial charge in [-0.3, -0.25) is 9.78 Å². The molecule has 0 saturated heterocycles. The molecule has 0 fully saturated rings. The topological polar surface area (TPSA) is 56.0 Å². The average molecular weight is 270 g/mol. The summed E-state index contributed by atoms with van der Waals surface area (Å²) in [5.74, 6) is -0.0325. The largest absolute Gasteiger partial charge is 0.366 e. The summed E-state index contributed by atoms with van der Waals surface area (Å²) in [6.45, 7) is 4.36. The lowest BCUT2D eigenvalue weighted by molar-refractivity contribution is 0.100. The number of carbonyl (C=O) groups is 1. The molecule has 0 aliphatic carbocycles. The van der Waals surface area contributed by atoms with Crippen LogP contribution < -0.4 is 5.73 Å². The highest BCUT2D eigenvalue weighted by Gasteiger charge is 2.13. The fourth-order valence-electron chi connectivity index (χ4n) is 2.50. The van der Waals surface area contributed by atoms with Crippen LogP contribution in [0.4, 0.5) is 0 Å². The Kier molecular flexibility index (Phi) is 4.72. The number of primary amides is 1. The van der Waals surface area contributed by atoms with Crippen molar-refractivity contribution < 1.29 is 4.79 Å². The number of aromatic nitrogens is 1. The number of pyridine rings is 1. The number of amides is 1. The zero-order valence-corrected chi connectivity index (χ0v) is 12.2. The van der Waals surface area contributed by atoms with Crippen molar-refractivity contribution in [2.45, 2.75) is 45.4 Å². The van der Waals surface area contributed by atoms with Crippen molar-refractivity contribution in [3.8, 4) is 0 Å². The van der Waals surface area contributed by atoms with Crippen molar-refractivity contribution in [2.75, 3.05) is 0 Å².